The molecule has 174 valence electrons. The van der Waals surface area contributed by atoms with Gasteiger partial charge in [-0.15, -0.1) is 11.3 Å². The van der Waals surface area contributed by atoms with Gasteiger partial charge in [0.1, 0.15) is 15.6 Å². The summed E-state index contributed by atoms with van der Waals surface area (Å²) in [6.07, 6.45) is 1.62. The largest absolute Gasteiger partial charge is 0.471 e. The molecule has 0 aliphatic heterocycles. The molecule has 0 aliphatic rings. The molecule has 10 heteroatoms. The number of aryl methyl sites for hydroxylation is 2. The summed E-state index contributed by atoms with van der Waals surface area (Å²) in [5.41, 5.74) is 2.68. The molecule has 3 aromatic rings. The number of hydrogen-bond acceptors (Lipinski definition) is 8. The topological polar surface area (TPSA) is 109 Å². The molecule has 0 saturated carbocycles. The maximum Gasteiger partial charge on any atom is 0.348 e. The molecule has 0 spiro atoms. The van der Waals surface area contributed by atoms with Crippen molar-refractivity contribution in [2.45, 2.75) is 34.4 Å². The predicted octanol–water partition coefficient (Wildman–Crippen LogP) is 4.12. The number of carbonyl (C=O) groups excluding carboxylic acids is 3. The first-order valence-corrected chi connectivity index (χ1v) is 11.0. The Hall–Kier alpha value is -3.66. The standard InChI is InChI=1S/C23H25N3O6S/c1-6-31-23(29)19-15(4)18(22(28)30-5)21(33-19)24-20(27)16-9-10-26(25-16)12-32-17-11-13(2)7-8-14(17)3/h7-11H,6,12H2,1-5H3,(H,24,27). The van der Waals surface area contributed by atoms with E-state index in [0.29, 0.717) is 5.56 Å². The zero-order valence-corrected chi connectivity index (χ0v) is 19.9. The Labute approximate surface area is 195 Å². The molecule has 2 heterocycles. The fourth-order valence-corrected chi connectivity index (χ4v) is 4.14. The quantitative estimate of drug-likeness (QED) is 0.492. The Morgan fingerprint density at radius 3 is 2.58 bits per heavy atom. The van der Waals surface area contributed by atoms with Crippen molar-refractivity contribution in [2.24, 2.45) is 0 Å². The van der Waals surface area contributed by atoms with Crippen LogP contribution in [0.15, 0.2) is 30.5 Å². The Bertz CT molecular complexity index is 1200. The van der Waals surface area contributed by atoms with Crippen LogP contribution in [0.2, 0.25) is 0 Å². The molecule has 0 atom stereocenters. The molecule has 1 amide bonds. The molecule has 9 nitrogen and oxygen atoms in total. The molecule has 0 bridgehead atoms. The number of ether oxygens (including phenoxy) is 3. The van der Waals surface area contributed by atoms with E-state index >= 15 is 0 Å². The summed E-state index contributed by atoms with van der Waals surface area (Å²) in [7, 11) is 1.23. The molecular formula is C23H25N3O6S. The van der Waals surface area contributed by atoms with E-state index in [2.05, 4.69) is 10.4 Å². The molecule has 1 aromatic carbocycles. The lowest BCUT2D eigenvalue weighted by Gasteiger charge is -2.09. The van der Waals surface area contributed by atoms with Gasteiger partial charge in [0.25, 0.3) is 5.91 Å². The first-order valence-electron chi connectivity index (χ1n) is 10.2. The molecule has 0 radical (unpaired) electrons. The minimum atomic E-state index is -0.665. The van der Waals surface area contributed by atoms with Crippen LogP contribution < -0.4 is 10.1 Å². The van der Waals surface area contributed by atoms with E-state index in [-0.39, 0.29) is 34.5 Å². The van der Waals surface area contributed by atoms with Crippen molar-refractivity contribution >= 4 is 34.2 Å². The van der Waals surface area contributed by atoms with Crippen molar-refractivity contribution in [3.63, 3.8) is 0 Å². The summed E-state index contributed by atoms with van der Waals surface area (Å²) in [5.74, 6) is -1.04. The summed E-state index contributed by atoms with van der Waals surface area (Å²) >= 11 is 0.952. The second-order valence-corrected chi connectivity index (χ2v) is 8.23. The number of benzene rings is 1. The fraction of sp³-hybridized carbons (Fsp3) is 0.304. The average Bonchev–Trinajstić information content (AvgIpc) is 3.38. The van der Waals surface area contributed by atoms with Crippen LogP contribution in [-0.2, 0) is 16.2 Å². The molecule has 3 rings (SSSR count). The van der Waals surface area contributed by atoms with Crippen LogP contribution in [-0.4, -0.2) is 41.3 Å². The predicted molar refractivity (Wildman–Crippen MR) is 123 cm³/mol. The number of rotatable bonds is 8. The van der Waals surface area contributed by atoms with Gasteiger partial charge in [-0.2, -0.15) is 5.10 Å². The third kappa shape index (κ3) is 5.40. The highest BCUT2D eigenvalue weighted by Gasteiger charge is 2.27. The van der Waals surface area contributed by atoms with E-state index in [1.165, 1.54) is 17.9 Å². The minimum Gasteiger partial charge on any atom is -0.471 e. The number of amides is 1. The summed E-state index contributed by atoms with van der Waals surface area (Å²) in [6.45, 7) is 7.52. The number of nitrogens with one attached hydrogen (secondary N) is 1. The number of methoxy groups -OCH3 is 1. The zero-order valence-electron chi connectivity index (χ0n) is 19.1. The maximum atomic E-state index is 12.8. The van der Waals surface area contributed by atoms with Gasteiger partial charge in [-0.25, -0.2) is 14.3 Å². The first-order chi connectivity index (χ1) is 15.7. The molecule has 2 aromatic heterocycles. The second-order valence-electron chi connectivity index (χ2n) is 7.21. The normalized spacial score (nSPS) is 10.6. The van der Waals surface area contributed by atoms with Gasteiger partial charge in [-0.3, -0.25) is 4.79 Å². The molecule has 0 aliphatic carbocycles. The average molecular weight is 472 g/mol. The van der Waals surface area contributed by atoms with Crippen LogP contribution in [0.4, 0.5) is 5.00 Å². The number of anilines is 1. The highest BCUT2D eigenvalue weighted by molar-refractivity contribution is 7.18. The van der Waals surface area contributed by atoms with Gasteiger partial charge in [-0.05, 0) is 56.5 Å². The minimum absolute atomic E-state index is 0.108. The Morgan fingerprint density at radius 1 is 1.12 bits per heavy atom. The van der Waals surface area contributed by atoms with Crippen molar-refractivity contribution in [3.05, 3.63) is 63.3 Å². The smallest absolute Gasteiger partial charge is 0.348 e. The van der Waals surface area contributed by atoms with E-state index in [1.54, 1.807) is 20.0 Å². The lowest BCUT2D eigenvalue weighted by Crippen LogP contribution is -2.16. The van der Waals surface area contributed by atoms with E-state index in [9.17, 15) is 14.4 Å². The van der Waals surface area contributed by atoms with Crippen LogP contribution in [0.1, 0.15) is 54.1 Å². The molecule has 0 fully saturated rings. The number of carbonyl (C=O) groups is 3. The summed E-state index contributed by atoms with van der Waals surface area (Å²) in [6, 6.07) is 7.44. The van der Waals surface area contributed by atoms with E-state index in [1.807, 2.05) is 32.0 Å². The number of aromatic nitrogens is 2. The van der Waals surface area contributed by atoms with Crippen molar-refractivity contribution in [1.29, 1.82) is 0 Å². The van der Waals surface area contributed by atoms with Crippen molar-refractivity contribution in [2.75, 3.05) is 19.0 Å². The van der Waals surface area contributed by atoms with Crippen LogP contribution in [0.25, 0.3) is 0 Å². The van der Waals surface area contributed by atoms with Crippen molar-refractivity contribution in [3.8, 4) is 5.75 Å². The highest BCUT2D eigenvalue weighted by atomic mass is 32.1. The summed E-state index contributed by atoms with van der Waals surface area (Å²) < 4.78 is 17.2. The van der Waals surface area contributed by atoms with Crippen molar-refractivity contribution < 1.29 is 28.6 Å². The molecule has 0 unspecified atom stereocenters. The second kappa shape index (κ2) is 10.3. The summed E-state index contributed by atoms with van der Waals surface area (Å²) in [5, 5.41) is 7.09. The van der Waals surface area contributed by atoms with E-state index in [0.717, 1.165) is 28.2 Å². The number of thiophene rings is 1. The van der Waals surface area contributed by atoms with Gasteiger partial charge in [0.15, 0.2) is 12.4 Å². The van der Waals surface area contributed by atoms with Gasteiger partial charge < -0.3 is 19.5 Å². The molecule has 1 N–H and O–H groups in total. The molecular weight excluding hydrogens is 446 g/mol. The van der Waals surface area contributed by atoms with Crippen LogP contribution in [0.5, 0.6) is 5.75 Å². The molecule has 0 saturated heterocycles. The fourth-order valence-electron chi connectivity index (χ4n) is 3.06. The van der Waals surface area contributed by atoms with Gasteiger partial charge in [0.2, 0.25) is 0 Å². The first kappa shape index (κ1) is 24.0. The van der Waals surface area contributed by atoms with Crippen LogP contribution >= 0.6 is 11.3 Å². The van der Waals surface area contributed by atoms with Gasteiger partial charge in [-0.1, -0.05) is 12.1 Å². The van der Waals surface area contributed by atoms with Gasteiger partial charge >= 0.3 is 11.9 Å². The Balaban J connectivity index is 1.77. The Morgan fingerprint density at radius 2 is 1.88 bits per heavy atom. The molecule has 33 heavy (non-hydrogen) atoms. The zero-order chi connectivity index (χ0) is 24.1. The Kier molecular flexibility index (Phi) is 7.49. The SMILES string of the molecule is CCOC(=O)c1sc(NC(=O)c2ccn(COc3cc(C)ccc3C)n2)c(C(=O)OC)c1C. The summed E-state index contributed by atoms with van der Waals surface area (Å²) in [4.78, 5) is 37.5. The van der Waals surface area contributed by atoms with Crippen LogP contribution in [0.3, 0.4) is 0 Å². The van der Waals surface area contributed by atoms with Crippen LogP contribution in [0, 0.1) is 20.8 Å². The van der Waals surface area contributed by atoms with E-state index < -0.39 is 17.8 Å². The third-order valence-electron chi connectivity index (χ3n) is 4.79. The lowest BCUT2D eigenvalue weighted by atomic mass is 10.1. The third-order valence-corrected chi connectivity index (χ3v) is 5.98. The number of hydrogen-bond donors (Lipinski definition) is 1. The van der Waals surface area contributed by atoms with Gasteiger partial charge in [0, 0.05) is 6.20 Å². The number of nitrogens with zero attached hydrogens (tertiary/aromatic N) is 2. The lowest BCUT2D eigenvalue weighted by molar-refractivity contribution is 0.0531. The van der Waals surface area contributed by atoms with E-state index in [4.69, 9.17) is 14.2 Å². The van der Waals surface area contributed by atoms with Crippen molar-refractivity contribution in [1.82, 2.24) is 9.78 Å². The highest BCUT2D eigenvalue weighted by Crippen LogP contribution is 2.34. The maximum absolute atomic E-state index is 12.8. The van der Waals surface area contributed by atoms with Gasteiger partial charge in [0.05, 0.1) is 19.3 Å². The number of esters is 2. The monoisotopic (exact) mass is 471 g/mol.